The number of hydrogen-bond acceptors (Lipinski definition) is 7. The number of nitrogens with one attached hydrogen (secondary N) is 2. The molecule has 0 bridgehead atoms. The fourth-order valence-electron chi connectivity index (χ4n) is 6.28. The van der Waals surface area contributed by atoms with Crippen molar-refractivity contribution in [1.29, 1.82) is 0 Å². The molecule has 5 rings (SSSR count). The Kier molecular flexibility index (Phi) is 12.5. The van der Waals surface area contributed by atoms with Gasteiger partial charge in [0.2, 0.25) is 0 Å². The Balaban J connectivity index is 1.20. The number of carbonyl (C=O) groups is 2. The second-order valence-corrected chi connectivity index (χ2v) is 14.5. The molecular formula is C39H44N2O6S. The summed E-state index contributed by atoms with van der Waals surface area (Å²) in [7, 11) is -1.92. The highest BCUT2D eigenvalue weighted by Crippen LogP contribution is 2.30. The average Bonchev–Trinajstić information content (AvgIpc) is 3.11. The minimum atomic E-state index is -3.21. The number of rotatable bonds is 15. The molecule has 8 nitrogen and oxygen atoms in total. The Bertz CT molecular complexity index is 1670. The number of alkyl carbamates (subject to hydrolysis) is 1. The van der Waals surface area contributed by atoms with Crippen LogP contribution in [0.25, 0.3) is 0 Å². The van der Waals surface area contributed by atoms with Crippen LogP contribution in [0.4, 0.5) is 4.79 Å². The van der Waals surface area contributed by atoms with E-state index in [-0.39, 0.29) is 35.9 Å². The number of aryl methyl sites for hydroxylation is 1. The van der Waals surface area contributed by atoms with Gasteiger partial charge in [-0.15, -0.1) is 0 Å². The van der Waals surface area contributed by atoms with Gasteiger partial charge in [-0.1, -0.05) is 115 Å². The lowest BCUT2D eigenvalue weighted by atomic mass is 9.81. The van der Waals surface area contributed by atoms with E-state index in [1.165, 1.54) is 7.11 Å². The van der Waals surface area contributed by atoms with E-state index in [0.29, 0.717) is 26.0 Å². The molecule has 1 saturated heterocycles. The highest BCUT2D eigenvalue weighted by molar-refractivity contribution is 7.90. The Morgan fingerprint density at radius 3 is 2.00 bits per heavy atom. The van der Waals surface area contributed by atoms with Gasteiger partial charge in [0.05, 0.1) is 31.3 Å². The maximum atomic E-state index is 14.1. The first-order valence-corrected chi connectivity index (χ1v) is 18.3. The van der Waals surface area contributed by atoms with Crippen LogP contribution in [0.3, 0.4) is 0 Å². The summed E-state index contributed by atoms with van der Waals surface area (Å²) in [5.74, 6) is -0.374. The van der Waals surface area contributed by atoms with E-state index in [4.69, 9.17) is 9.47 Å². The molecule has 1 aliphatic rings. The van der Waals surface area contributed by atoms with Crippen LogP contribution in [0.2, 0.25) is 0 Å². The first-order valence-electron chi connectivity index (χ1n) is 16.4. The van der Waals surface area contributed by atoms with Crippen LogP contribution in [0, 0.1) is 0 Å². The van der Waals surface area contributed by atoms with E-state index in [1.54, 1.807) is 0 Å². The number of carbonyl (C=O) groups excluding carboxylic acids is 2. The molecule has 252 valence electrons. The van der Waals surface area contributed by atoms with Gasteiger partial charge in [-0.05, 0) is 47.1 Å². The standard InChI is InChI=1S/C39H44N2O6S/c1-46-39(43)41-38(37(31-16-7-3-8-17-31)32-18-9-4-10-19-32)36(42)25-33-20-12-11-15-30(33)21-22-35-26-40-34(27-47-35)23-24-48(44,45)28-29-13-5-2-6-14-29/h2-20,34-35,37-38,40H,21-28H2,1H3,(H,41,43)/t34-,35-,38-/m1/s1. The van der Waals surface area contributed by atoms with Gasteiger partial charge in [0, 0.05) is 24.9 Å². The van der Waals surface area contributed by atoms with Crippen molar-refractivity contribution in [2.45, 2.75) is 55.5 Å². The van der Waals surface area contributed by atoms with Crippen LogP contribution < -0.4 is 10.6 Å². The molecule has 0 unspecified atom stereocenters. The molecule has 3 atom stereocenters. The highest BCUT2D eigenvalue weighted by atomic mass is 32.2. The Morgan fingerprint density at radius 2 is 1.42 bits per heavy atom. The zero-order chi connectivity index (χ0) is 33.8. The van der Waals surface area contributed by atoms with Crippen LogP contribution in [-0.2, 0) is 42.7 Å². The molecule has 0 aliphatic carbocycles. The second kappa shape index (κ2) is 17.2. The van der Waals surface area contributed by atoms with E-state index >= 15 is 0 Å². The zero-order valence-electron chi connectivity index (χ0n) is 27.3. The van der Waals surface area contributed by atoms with Crippen molar-refractivity contribution in [3.05, 3.63) is 143 Å². The van der Waals surface area contributed by atoms with Crippen LogP contribution in [-0.4, -0.2) is 64.5 Å². The van der Waals surface area contributed by atoms with Crippen LogP contribution in [0.1, 0.15) is 46.6 Å². The van der Waals surface area contributed by atoms with Gasteiger partial charge in [-0.2, -0.15) is 0 Å². The summed E-state index contributed by atoms with van der Waals surface area (Å²) in [4.78, 5) is 26.7. The molecule has 1 fully saturated rings. The minimum Gasteiger partial charge on any atom is -0.453 e. The Labute approximate surface area is 283 Å². The van der Waals surface area contributed by atoms with Crippen molar-refractivity contribution in [1.82, 2.24) is 10.6 Å². The summed E-state index contributed by atoms with van der Waals surface area (Å²) in [5, 5.41) is 6.32. The van der Waals surface area contributed by atoms with Gasteiger partial charge in [-0.3, -0.25) is 4.79 Å². The smallest absolute Gasteiger partial charge is 0.407 e. The number of benzene rings is 4. The van der Waals surface area contributed by atoms with Crippen molar-refractivity contribution in [3.8, 4) is 0 Å². The lowest BCUT2D eigenvalue weighted by Crippen LogP contribution is -2.47. The third-order valence-electron chi connectivity index (χ3n) is 8.85. The number of sulfone groups is 1. The quantitative estimate of drug-likeness (QED) is 0.169. The van der Waals surface area contributed by atoms with Crippen molar-refractivity contribution < 1.29 is 27.5 Å². The summed E-state index contributed by atoms with van der Waals surface area (Å²) < 4.78 is 36.4. The van der Waals surface area contributed by atoms with Crippen molar-refractivity contribution in [2.24, 2.45) is 0 Å². The van der Waals surface area contributed by atoms with Gasteiger partial charge in [0.25, 0.3) is 0 Å². The predicted molar refractivity (Wildman–Crippen MR) is 188 cm³/mol. The third kappa shape index (κ3) is 10.1. The molecule has 4 aromatic rings. The van der Waals surface area contributed by atoms with Crippen LogP contribution in [0.15, 0.2) is 115 Å². The largest absolute Gasteiger partial charge is 0.453 e. The van der Waals surface area contributed by atoms with Crippen LogP contribution in [0.5, 0.6) is 0 Å². The number of amides is 1. The monoisotopic (exact) mass is 668 g/mol. The molecule has 0 radical (unpaired) electrons. The summed E-state index contributed by atoms with van der Waals surface area (Å²) in [6.45, 7) is 1.08. The number of ether oxygens (including phenoxy) is 2. The van der Waals surface area contributed by atoms with Crippen LogP contribution >= 0.6 is 0 Å². The van der Waals surface area contributed by atoms with Gasteiger partial charge in [0.1, 0.15) is 6.04 Å². The molecule has 48 heavy (non-hydrogen) atoms. The number of morpholine rings is 1. The summed E-state index contributed by atoms with van der Waals surface area (Å²) in [5.41, 5.74) is 4.59. The van der Waals surface area contributed by atoms with Crippen molar-refractivity contribution in [2.75, 3.05) is 26.0 Å². The SMILES string of the molecule is COC(=O)N[C@H](C(=O)Cc1ccccc1CC[C@@H]1CN[C@H](CCS(=O)(=O)Cc2ccccc2)CO1)C(c1ccccc1)c1ccccc1. The maximum Gasteiger partial charge on any atom is 0.407 e. The molecule has 1 amide bonds. The molecule has 0 aromatic heterocycles. The number of Topliss-reactive ketones (excluding diaryl/α,β-unsaturated/α-hetero) is 1. The Hall–Kier alpha value is -4.31. The molecule has 0 saturated carbocycles. The van der Waals surface area contributed by atoms with E-state index in [9.17, 15) is 18.0 Å². The van der Waals surface area contributed by atoms with Gasteiger partial charge >= 0.3 is 6.09 Å². The zero-order valence-corrected chi connectivity index (χ0v) is 28.1. The molecule has 1 aliphatic heterocycles. The first-order chi connectivity index (χ1) is 23.3. The van der Waals surface area contributed by atoms with Crippen molar-refractivity contribution >= 4 is 21.7 Å². The second-order valence-electron chi connectivity index (χ2n) is 12.3. The number of ketones is 1. The lowest BCUT2D eigenvalue weighted by Gasteiger charge is -2.30. The number of hydrogen-bond donors (Lipinski definition) is 2. The first kappa shape index (κ1) is 35.0. The van der Waals surface area contributed by atoms with E-state index in [2.05, 4.69) is 10.6 Å². The van der Waals surface area contributed by atoms with E-state index in [0.717, 1.165) is 34.2 Å². The summed E-state index contributed by atoms with van der Waals surface area (Å²) in [6, 6.07) is 35.7. The maximum absolute atomic E-state index is 14.1. The molecule has 1 heterocycles. The van der Waals surface area contributed by atoms with E-state index < -0.39 is 27.9 Å². The molecule has 2 N–H and O–H groups in total. The lowest BCUT2D eigenvalue weighted by molar-refractivity contribution is -0.120. The predicted octanol–water partition coefficient (Wildman–Crippen LogP) is 5.65. The average molecular weight is 669 g/mol. The molecule has 4 aromatic carbocycles. The normalized spacial score (nSPS) is 17.0. The minimum absolute atomic E-state index is 0.0156. The third-order valence-corrected chi connectivity index (χ3v) is 10.5. The Morgan fingerprint density at radius 1 is 0.833 bits per heavy atom. The highest BCUT2D eigenvalue weighted by Gasteiger charge is 2.33. The summed E-state index contributed by atoms with van der Waals surface area (Å²) in [6.07, 6.45) is 1.41. The molecule has 0 spiro atoms. The summed E-state index contributed by atoms with van der Waals surface area (Å²) >= 11 is 0. The van der Waals surface area contributed by atoms with Crippen molar-refractivity contribution in [3.63, 3.8) is 0 Å². The molecule has 9 heteroatoms. The van der Waals surface area contributed by atoms with E-state index in [1.807, 2.05) is 115 Å². The number of methoxy groups -OCH3 is 1. The van der Waals surface area contributed by atoms with Gasteiger partial charge in [0.15, 0.2) is 15.6 Å². The topological polar surface area (TPSA) is 111 Å². The fourth-order valence-corrected chi connectivity index (χ4v) is 7.77. The van der Waals surface area contributed by atoms with Gasteiger partial charge in [-0.25, -0.2) is 13.2 Å². The molecular weight excluding hydrogens is 625 g/mol. The van der Waals surface area contributed by atoms with Gasteiger partial charge < -0.3 is 20.1 Å². The fraction of sp³-hybridized carbons (Fsp3) is 0.333.